The van der Waals surface area contributed by atoms with Gasteiger partial charge < -0.3 is 36.1 Å². The Bertz CT molecular complexity index is 308. The minimum absolute atomic E-state index is 0. The molecule has 0 aromatic carbocycles. The SMILES string of the molecule is C.C.CC(=O)CCOCC(COCCCN)(COCCCN)COCCCN.[V]. The van der Waals surface area contributed by atoms with Gasteiger partial charge in [0.05, 0.1) is 38.4 Å². The molecule has 0 bridgehead atoms. The average Bonchev–Trinajstić information content (AvgIpc) is 2.63. The summed E-state index contributed by atoms with van der Waals surface area (Å²) in [6.07, 6.45) is 2.78. The Balaban J connectivity index is -0.00000104. The number of hydrogen-bond donors (Lipinski definition) is 3. The van der Waals surface area contributed by atoms with Gasteiger partial charge in [-0.25, -0.2) is 0 Å². The zero-order chi connectivity index (χ0) is 19.5. The molecule has 0 aliphatic rings. The van der Waals surface area contributed by atoms with Crippen molar-refractivity contribution in [3.05, 3.63) is 0 Å². The van der Waals surface area contributed by atoms with Gasteiger partial charge in [0, 0.05) is 44.8 Å². The van der Waals surface area contributed by atoms with E-state index in [1.807, 2.05) is 0 Å². The molecular formula is C20H47N3O5V. The van der Waals surface area contributed by atoms with E-state index in [2.05, 4.69) is 0 Å². The topological polar surface area (TPSA) is 132 Å². The van der Waals surface area contributed by atoms with Crippen LogP contribution in [-0.2, 0) is 42.3 Å². The van der Waals surface area contributed by atoms with E-state index in [9.17, 15) is 4.79 Å². The van der Waals surface area contributed by atoms with E-state index in [1.165, 1.54) is 0 Å². The van der Waals surface area contributed by atoms with Crippen molar-refractivity contribution in [1.82, 2.24) is 0 Å². The van der Waals surface area contributed by atoms with E-state index in [0.717, 1.165) is 19.3 Å². The van der Waals surface area contributed by atoms with Crippen molar-refractivity contribution in [2.75, 3.05) is 72.5 Å². The number of carbonyl (C=O) groups is 1. The summed E-state index contributed by atoms with van der Waals surface area (Å²) >= 11 is 0. The first-order valence-corrected chi connectivity index (χ1v) is 9.51. The van der Waals surface area contributed by atoms with E-state index in [-0.39, 0.29) is 39.2 Å². The fourth-order valence-electron chi connectivity index (χ4n) is 2.18. The van der Waals surface area contributed by atoms with E-state index in [0.29, 0.717) is 78.9 Å². The van der Waals surface area contributed by atoms with Crippen molar-refractivity contribution in [2.24, 2.45) is 22.6 Å². The van der Waals surface area contributed by atoms with Gasteiger partial charge >= 0.3 is 0 Å². The summed E-state index contributed by atoms with van der Waals surface area (Å²) < 4.78 is 23.1. The molecule has 0 saturated heterocycles. The molecule has 0 spiro atoms. The maximum Gasteiger partial charge on any atom is 0.132 e. The second-order valence-electron chi connectivity index (χ2n) is 6.59. The van der Waals surface area contributed by atoms with Crippen LogP contribution >= 0.6 is 0 Å². The summed E-state index contributed by atoms with van der Waals surface area (Å²) in [4.78, 5) is 11.1. The Morgan fingerprint density at radius 3 is 1.28 bits per heavy atom. The van der Waals surface area contributed by atoms with Crippen LogP contribution in [-0.4, -0.2) is 78.3 Å². The third-order valence-electron chi connectivity index (χ3n) is 3.71. The molecule has 0 saturated carbocycles. The predicted molar refractivity (Wildman–Crippen MR) is 115 cm³/mol. The van der Waals surface area contributed by atoms with Crippen LogP contribution in [0.5, 0.6) is 0 Å². The molecule has 0 aromatic rings. The van der Waals surface area contributed by atoms with Gasteiger partial charge in [-0.15, -0.1) is 0 Å². The summed E-state index contributed by atoms with van der Waals surface area (Å²) in [6.45, 7) is 7.16. The molecule has 9 heteroatoms. The van der Waals surface area contributed by atoms with Crippen molar-refractivity contribution < 1.29 is 42.3 Å². The quantitative estimate of drug-likeness (QED) is 0.232. The van der Waals surface area contributed by atoms with Crippen molar-refractivity contribution in [3.63, 3.8) is 0 Å². The molecule has 177 valence electrons. The van der Waals surface area contributed by atoms with Gasteiger partial charge in [-0.2, -0.15) is 0 Å². The van der Waals surface area contributed by atoms with E-state index >= 15 is 0 Å². The van der Waals surface area contributed by atoms with Crippen LogP contribution in [0.15, 0.2) is 0 Å². The summed E-state index contributed by atoms with van der Waals surface area (Å²) in [5.41, 5.74) is 16.1. The number of carbonyl (C=O) groups excluding carboxylic acids is 1. The molecule has 0 aliphatic heterocycles. The van der Waals surface area contributed by atoms with E-state index in [1.54, 1.807) is 6.92 Å². The monoisotopic (exact) mass is 460 g/mol. The number of hydrogen-bond acceptors (Lipinski definition) is 8. The van der Waals surface area contributed by atoms with Gasteiger partial charge in [0.15, 0.2) is 0 Å². The Morgan fingerprint density at radius 1 is 0.690 bits per heavy atom. The van der Waals surface area contributed by atoms with E-state index < -0.39 is 5.41 Å². The minimum Gasteiger partial charge on any atom is -0.381 e. The molecule has 0 aromatic heterocycles. The molecule has 0 unspecified atom stereocenters. The largest absolute Gasteiger partial charge is 0.381 e. The van der Waals surface area contributed by atoms with Crippen molar-refractivity contribution in [1.29, 1.82) is 0 Å². The summed E-state index contributed by atoms with van der Waals surface area (Å²) in [6, 6.07) is 0. The number of nitrogens with two attached hydrogens (primary N) is 3. The molecule has 29 heavy (non-hydrogen) atoms. The number of rotatable bonds is 20. The smallest absolute Gasteiger partial charge is 0.132 e. The van der Waals surface area contributed by atoms with Gasteiger partial charge in [-0.1, -0.05) is 14.9 Å². The zero-order valence-corrected chi connectivity index (χ0v) is 18.2. The standard InChI is InChI=1S/C18H39N3O5.2CH4.V/c1-17(22)5-12-26-16-18(13-23-9-2-6-19,14-24-10-3-7-20)15-25-11-4-8-21;;;/h2-16,19-21H2,1H3;2*1H4;. The fourth-order valence-corrected chi connectivity index (χ4v) is 2.18. The average molecular weight is 461 g/mol. The molecule has 0 amide bonds. The zero-order valence-electron chi connectivity index (χ0n) is 16.8. The maximum atomic E-state index is 11.1. The molecule has 1 radical (unpaired) electrons. The molecule has 0 aliphatic carbocycles. The van der Waals surface area contributed by atoms with Gasteiger partial charge in [-0.3, -0.25) is 4.79 Å². The molecule has 0 heterocycles. The summed E-state index contributed by atoms with van der Waals surface area (Å²) in [5, 5.41) is 0. The first-order chi connectivity index (χ1) is 12.6. The third kappa shape index (κ3) is 22.5. The number of ether oxygens (including phenoxy) is 4. The van der Waals surface area contributed by atoms with Gasteiger partial charge in [0.25, 0.3) is 0 Å². The molecule has 0 atom stereocenters. The predicted octanol–water partition coefficient (Wildman–Crippen LogP) is 1.33. The fraction of sp³-hybridized carbons (Fsp3) is 0.950. The molecule has 0 fully saturated rings. The molecule has 0 rings (SSSR count). The van der Waals surface area contributed by atoms with Gasteiger partial charge in [0.2, 0.25) is 0 Å². The van der Waals surface area contributed by atoms with Crippen LogP contribution in [0.3, 0.4) is 0 Å². The van der Waals surface area contributed by atoms with Crippen LogP contribution in [0.1, 0.15) is 47.5 Å². The second-order valence-corrected chi connectivity index (χ2v) is 6.59. The maximum absolute atomic E-state index is 11.1. The van der Waals surface area contributed by atoms with Crippen LogP contribution in [0, 0.1) is 5.41 Å². The van der Waals surface area contributed by atoms with Crippen molar-refractivity contribution in [3.8, 4) is 0 Å². The van der Waals surface area contributed by atoms with Crippen molar-refractivity contribution >= 4 is 5.78 Å². The Morgan fingerprint density at radius 2 is 1.00 bits per heavy atom. The van der Waals surface area contributed by atoms with Crippen LogP contribution in [0.2, 0.25) is 0 Å². The van der Waals surface area contributed by atoms with E-state index in [4.69, 9.17) is 36.1 Å². The Labute approximate surface area is 190 Å². The molecule has 8 nitrogen and oxygen atoms in total. The van der Waals surface area contributed by atoms with Gasteiger partial charge in [0.1, 0.15) is 5.78 Å². The second kappa shape index (κ2) is 26.0. The Kier molecular flexibility index (Phi) is 32.6. The normalized spacial score (nSPS) is 10.6. The van der Waals surface area contributed by atoms with Crippen LogP contribution < -0.4 is 17.2 Å². The molecule has 6 N–H and O–H groups in total. The first-order valence-electron chi connectivity index (χ1n) is 9.51. The number of Topliss-reactive ketones (excluding diaryl/α,β-unsaturated/α-hetero) is 1. The van der Waals surface area contributed by atoms with Gasteiger partial charge in [-0.05, 0) is 45.8 Å². The minimum atomic E-state index is -0.436. The van der Waals surface area contributed by atoms with Crippen molar-refractivity contribution in [2.45, 2.75) is 47.5 Å². The summed E-state index contributed by atoms with van der Waals surface area (Å²) in [7, 11) is 0. The van der Waals surface area contributed by atoms with Crippen LogP contribution in [0.4, 0.5) is 0 Å². The van der Waals surface area contributed by atoms with Crippen LogP contribution in [0.25, 0.3) is 0 Å². The Hall–Kier alpha value is -0.0256. The summed E-state index contributed by atoms with van der Waals surface area (Å²) in [5.74, 6) is 0.105. The first kappa shape index (κ1) is 36.4. The molecular weight excluding hydrogens is 413 g/mol. The number of ketones is 1. The third-order valence-corrected chi connectivity index (χ3v) is 3.71.